The maximum atomic E-state index is 12.6. The quantitative estimate of drug-likeness (QED) is 0.719. The highest BCUT2D eigenvalue weighted by molar-refractivity contribution is 5.93. The topological polar surface area (TPSA) is 77.7 Å². The van der Waals surface area contributed by atoms with Crippen LogP contribution in [0.3, 0.4) is 0 Å². The average Bonchev–Trinajstić information content (AvgIpc) is 3.18. The van der Waals surface area contributed by atoms with Gasteiger partial charge in [-0.15, -0.1) is 0 Å². The third-order valence-electron chi connectivity index (χ3n) is 4.07. The molecular formula is C19H17N3O4. The number of pyridine rings is 1. The number of benzene rings is 1. The number of ether oxygens (including phenoxy) is 2. The first-order chi connectivity index (χ1) is 12.7. The third kappa shape index (κ3) is 3.23. The van der Waals surface area contributed by atoms with Crippen molar-refractivity contribution in [1.29, 1.82) is 0 Å². The lowest BCUT2D eigenvalue weighted by Crippen LogP contribution is -2.41. The molecule has 0 N–H and O–H groups in total. The minimum Gasteiger partial charge on any atom is -0.486 e. The average molecular weight is 351 g/mol. The molecule has 0 spiro atoms. The number of amides is 1. The molecule has 2 aromatic heterocycles. The monoisotopic (exact) mass is 351 g/mol. The second-order valence-electron chi connectivity index (χ2n) is 6.00. The summed E-state index contributed by atoms with van der Waals surface area (Å²) < 4.78 is 16.8. The molecule has 7 nitrogen and oxygen atoms in total. The fourth-order valence-electron chi connectivity index (χ4n) is 2.76. The SMILES string of the molecule is CN(CC1COc2ccccc2O1)C(=O)c1cc(-c2cccnc2)on1. The molecule has 0 saturated heterocycles. The zero-order chi connectivity index (χ0) is 17.9. The Hall–Kier alpha value is -3.35. The molecular weight excluding hydrogens is 334 g/mol. The maximum Gasteiger partial charge on any atom is 0.275 e. The number of para-hydroxylation sites is 2. The molecule has 0 fully saturated rings. The molecule has 3 heterocycles. The summed E-state index contributed by atoms with van der Waals surface area (Å²) in [6.07, 6.45) is 3.08. The molecule has 1 aliphatic rings. The van der Waals surface area contributed by atoms with Crippen molar-refractivity contribution >= 4 is 5.91 Å². The van der Waals surface area contributed by atoms with Crippen molar-refractivity contribution in [2.45, 2.75) is 6.10 Å². The molecule has 1 unspecified atom stereocenters. The first kappa shape index (κ1) is 16.1. The summed E-state index contributed by atoms with van der Waals surface area (Å²) in [5.41, 5.74) is 1.01. The number of fused-ring (bicyclic) bond motifs is 1. The number of likely N-dealkylation sites (N-methyl/N-ethyl adjacent to an activating group) is 1. The van der Waals surface area contributed by atoms with Crippen LogP contribution >= 0.6 is 0 Å². The van der Waals surface area contributed by atoms with Crippen LogP contribution in [0.4, 0.5) is 0 Å². The second kappa shape index (κ2) is 6.87. The minimum atomic E-state index is -0.247. The highest BCUT2D eigenvalue weighted by Crippen LogP contribution is 2.31. The summed E-state index contributed by atoms with van der Waals surface area (Å²) in [6, 6.07) is 12.7. The van der Waals surface area contributed by atoms with E-state index in [9.17, 15) is 4.79 Å². The van der Waals surface area contributed by atoms with Crippen LogP contribution in [0.2, 0.25) is 0 Å². The predicted octanol–water partition coefficient (Wildman–Crippen LogP) is 2.65. The Bertz CT molecular complexity index is 910. The Labute approximate surface area is 150 Å². The van der Waals surface area contributed by atoms with Crippen LogP contribution in [-0.4, -0.2) is 47.3 Å². The summed E-state index contributed by atoms with van der Waals surface area (Å²) in [4.78, 5) is 18.2. The second-order valence-corrected chi connectivity index (χ2v) is 6.00. The summed E-state index contributed by atoms with van der Waals surface area (Å²) in [6.45, 7) is 0.761. The van der Waals surface area contributed by atoms with E-state index in [1.54, 1.807) is 36.5 Å². The molecule has 26 heavy (non-hydrogen) atoms. The number of carbonyl (C=O) groups is 1. The van der Waals surface area contributed by atoms with Gasteiger partial charge in [0.05, 0.1) is 6.54 Å². The normalized spacial score (nSPS) is 15.5. The van der Waals surface area contributed by atoms with Gasteiger partial charge >= 0.3 is 0 Å². The molecule has 4 rings (SSSR count). The van der Waals surface area contributed by atoms with Crippen molar-refractivity contribution < 1.29 is 18.8 Å². The van der Waals surface area contributed by atoms with Gasteiger partial charge < -0.3 is 18.9 Å². The molecule has 1 aliphatic heterocycles. The standard InChI is InChI=1S/C19H17N3O4/c1-22(11-14-12-24-16-6-2-3-7-17(16)25-14)19(23)15-9-18(26-21-15)13-5-4-8-20-10-13/h2-10,14H,11-12H2,1H3. The Morgan fingerprint density at radius 3 is 2.88 bits per heavy atom. The minimum absolute atomic E-state index is 0.239. The zero-order valence-electron chi connectivity index (χ0n) is 14.2. The van der Waals surface area contributed by atoms with Gasteiger partial charge in [0.15, 0.2) is 29.1 Å². The Balaban J connectivity index is 1.42. The molecule has 1 amide bonds. The van der Waals surface area contributed by atoms with Crippen LogP contribution in [0.5, 0.6) is 11.5 Å². The summed E-state index contributed by atoms with van der Waals surface area (Å²) in [7, 11) is 1.70. The van der Waals surface area contributed by atoms with Gasteiger partial charge in [-0.05, 0) is 24.3 Å². The van der Waals surface area contributed by atoms with E-state index in [1.165, 1.54) is 0 Å². The van der Waals surface area contributed by atoms with Crippen LogP contribution in [-0.2, 0) is 0 Å². The Kier molecular flexibility index (Phi) is 4.27. The lowest BCUT2D eigenvalue weighted by atomic mass is 10.2. The summed E-state index contributed by atoms with van der Waals surface area (Å²) in [5.74, 6) is 1.66. The fraction of sp³-hybridized carbons (Fsp3) is 0.211. The van der Waals surface area contributed by atoms with Gasteiger partial charge in [-0.3, -0.25) is 9.78 Å². The van der Waals surface area contributed by atoms with E-state index in [4.69, 9.17) is 14.0 Å². The lowest BCUT2D eigenvalue weighted by molar-refractivity contribution is 0.0515. The van der Waals surface area contributed by atoms with E-state index in [2.05, 4.69) is 10.1 Å². The highest BCUT2D eigenvalue weighted by Gasteiger charge is 2.25. The molecule has 0 aliphatic carbocycles. The summed E-state index contributed by atoms with van der Waals surface area (Å²) in [5, 5.41) is 3.88. The number of hydrogen-bond donors (Lipinski definition) is 0. The van der Waals surface area contributed by atoms with Crippen molar-refractivity contribution in [2.75, 3.05) is 20.2 Å². The number of rotatable bonds is 4. The van der Waals surface area contributed by atoms with E-state index in [-0.39, 0.29) is 17.7 Å². The molecule has 1 atom stereocenters. The molecule has 132 valence electrons. The number of carbonyl (C=O) groups excluding carboxylic acids is 1. The molecule has 1 aromatic carbocycles. The smallest absolute Gasteiger partial charge is 0.275 e. The lowest BCUT2D eigenvalue weighted by Gasteiger charge is -2.29. The Morgan fingerprint density at radius 2 is 2.08 bits per heavy atom. The largest absolute Gasteiger partial charge is 0.486 e. The van der Waals surface area contributed by atoms with Crippen LogP contribution in [0.25, 0.3) is 11.3 Å². The predicted molar refractivity (Wildman–Crippen MR) is 93.0 cm³/mol. The van der Waals surface area contributed by atoms with Gasteiger partial charge in [-0.1, -0.05) is 17.3 Å². The van der Waals surface area contributed by atoms with Crippen molar-refractivity contribution in [3.8, 4) is 22.8 Å². The van der Waals surface area contributed by atoms with Gasteiger partial charge in [0, 0.05) is 31.1 Å². The van der Waals surface area contributed by atoms with Gasteiger partial charge in [0.25, 0.3) is 5.91 Å². The number of nitrogens with zero attached hydrogens (tertiary/aromatic N) is 3. The first-order valence-corrected chi connectivity index (χ1v) is 8.22. The van der Waals surface area contributed by atoms with E-state index in [0.717, 1.165) is 11.3 Å². The highest BCUT2D eigenvalue weighted by atomic mass is 16.6. The van der Waals surface area contributed by atoms with Crippen LogP contribution in [0.15, 0.2) is 59.4 Å². The van der Waals surface area contributed by atoms with E-state index in [1.807, 2.05) is 30.3 Å². The molecule has 0 saturated carbocycles. The zero-order valence-corrected chi connectivity index (χ0v) is 14.2. The van der Waals surface area contributed by atoms with Gasteiger partial charge in [0.1, 0.15) is 6.61 Å². The summed E-state index contributed by atoms with van der Waals surface area (Å²) >= 11 is 0. The van der Waals surface area contributed by atoms with Crippen LogP contribution in [0, 0.1) is 0 Å². The van der Waals surface area contributed by atoms with Crippen molar-refractivity contribution in [1.82, 2.24) is 15.0 Å². The van der Waals surface area contributed by atoms with Gasteiger partial charge in [-0.25, -0.2) is 0 Å². The van der Waals surface area contributed by atoms with Crippen molar-refractivity contribution in [3.05, 3.63) is 60.6 Å². The molecule has 7 heteroatoms. The van der Waals surface area contributed by atoms with E-state index in [0.29, 0.717) is 24.7 Å². The van der Waals surface area contributed by atoms with Gasteiger partial charge in [0.2, 0.25) is 0 Å². The van der Waals surface area contributed by atoms with E-state index < -0.39 is 0 Å². The molecule has 0 bridgehead atoms. The Morgan fingerprint density at radius 1 is 1.23 bits per heavy atom. The van der Waals surface area contributed by atoms with E-state index >= 15 is 0 Å². The van der Waals surface area contributed by atoms with Crippen molar-refractivity contribution in [2.24, 2.45) is 0 Å². The van der Waals surface area contributed by atoms with Crippen molar-refractivity contribution in [3.63, 3.8) is 0 Å². The maximum absolute atomic E-state index is 12.6. The van der Waals surface area contributed by atoms with Gasteiger partial charge in [-0.2, -0.15) is 0 Å². The molecule has 3 aromatic rings. The number of hydrogen-bond acceptors (Lipinski definition) is 6. The molecule has 0 radical (unpaired) electrons. The van der Waals surface area contributed by atoms with Crippen LogP contribution in [0.1, 0.15) is 10.5 Å². The number of aromatic nitrogens is 2. The fourth-order valence-corrected chi connectivity index (χ4v) is 2.76. The third-order valence-corrected chi connectivity index (χ3v) is 4.07. The van der Waals surface area contributed by atoms with Crippen LogP contribution < -0.4 is 9.47 Å². The first-order valence-electron chi connectivity index (χ1n) is 8.22.